The van der Waals surface area contributed by atoms with Gasteiger partial charge >= 0.3 is 0 Å². The number of hydrogen-bond acceptors (Lipinski definition) is 5. The van der Waals surface area contributed by atoms with Crippen LogP contribution >= 0.6 is 15.9 Å². The largest absolute Gasteiger partial charge is 0.307 e. The molecule has 8 heteroatoms. The van der Waals surface area contributed by atoms with Gasteiger partial charge in [-0.3, -0.25) is 0 Å². The number of nitrogens with one attached hydrogen (secondary N) is 2. The van der Waals surface area contributed by atoms with Crippen LogP contribution in [0.1, 0.15) is 33.1 Å². The smallest absolute Gasteiger partial charge is 0.244 e. The number of halogens is 1. The number of nitrogens with zero attached hydrogens (tertiary/aromatic N) is 1. The maximum absolute atomic E-state index is 12.6. The molecule has 1 heterocycles. The normalized spacial score (nSPS) is 26.6. The second-order valence-corrected chi connectivity index (χ2v) is 8.33. The highest BCUT2D eigenvalue weighted by Crippen LogP contribution is 2.31. The van der Waals surface area contributed by atoms with Crippen LogP contribution in [0.2, 0.25) is 0 Å². The summed E-state index contributed by atoms with van der Waals surface area (Å²) >= 11 is 3.24. The summed E-state index contributed by atoms with van der Waals surface area (Å²) in [6, 6.07) is 1.46. The van der Waals surface area contributed by atoms with Gasteiger partial charge in [-0.05, 0) is 53.1 Å². The zero-order valence-electron chi connectivity index (χ0n) is 12.1. The van der Waals surface area contributed by atoms with E-state index in [0.29, 0.717) is 16.3 Å². The lowest BCUT2D eigenvalue weighted by Gasteiger charge is -2.32. The minimum absolute atomic E-state index is 0.0363. The minimum atomic E-state index is -3.65. The maximum atomic E-state index is 12.6. The lowest BCUT2D eigenvalue weighted by molar-refractivity contribution is 0.242. The van der Waals surface area contributed by atoms with E-state index >= 15 is 0 Å². The number of hydrazine groups is 1. The first-order valence-corrected chi connectivity index (χ1v) is 9.25. The van der Waals surface area contributed by atoms with Gasteiger partial charge in [0.25, 0.3) is 0 Å². The fourth-order valence-electron chi connectivity index (χ4n) is 2.67. The Balaban J connectivity index is 2.21. The van der Waals surface area contributed by atoms with Crippen molar-refractivity contribution in [2.45, 2.75) is 44.0 Å². The zero-order valence-corrected chi connectivity index (χ0v) is 14.5. The number of nitrogen functional groups attached to an aromatic ring is 1. The van der Waals surface area contributed by atoms with Gasteiger partial charge in [-0.2, -0.15) is 0 Å². The van der Waals surface area contributed by atoms with Crippen molar-refractivity contribution >= 4 is 31.8 Å². The Morgan fingerprint density at radius 2 is 2.05 bits per heavy atom. The van der Waals surface area contributed by atoms with Crippen LogP contribution in [0, 0.1) is 11.8 Å². The number of pyridine rings is 1. The molecule has 0 spiro atoms. The topological polar surface area (TPSA) is 97.1 Å². The molecule has 1 aliphatic rings. The van der Waals surface area contributed by atoms with Crippen LogP contribution < -0.4 is 16.0 Å². The van der Waals surface area contributed by atoms with Gasteiger partial charge < -0.3 is 5.43 Å². The van der Waals surface area contributed by atoms with Crippen LogP contribution in [-0.2, 0) is 10.0 Å². The Labute approximate surface area is 134 Å². The fourth-order valence-corrected chi connectivity index (χ4v) is 4.58. The van der Waals surface area contributed by atoms with E-state index in [1.807, 2.05) is 0 Å². The first-order valence-electron chi connectivity index (χ1n) is 6.98. The molecule has 0 aliphatic heterocycles. The highest BCUT2D eigenvalue weighted by molar-refractivity contribution is 9.10. The summed E-state index contributed by atoms with van der Waals surface area (Å²) in [7, 11) is -3.65. The molecule has 1 aromatic heterocycles. The zero-order chi connectivity index (χ0) is 15.6. The average molecular weight is 377 g/mol. The van der Waals surface area contributed by atoms with E-state index in [4.69, 9.17) is 5.84 Å². The number of rotatable bonds is 4. The van der Waals surface area contributed by atoms with Crippen LogP contribution in [0.5, 0.6) is 0 Å². The van der Waals surface area contributed by atoms with Gasteiger partial charge in [0.2, 0.25) is 10.0 Å². The number of nitrogens with two attached hydrogens (primary N) is 1. The Morgan fingerprint density at radius 3 is 2.67 bits per heavy atom. The quantitative estimate of drug-likeness (QED) is 0.552. The van der Waals surface area contributed by atoms with Gasteiger partial charge in [-0.25, -0.2) is 24.0 Å². The Morgan fingerprint density at radius 1 is 1.33 bits per heavy atom. The standard InChI is InChI=1S/C13H21BrN4O2S/c1-8-3-4-11(5-9(8)2)18-21(19,20)12-6-10(14)7-16-13(12)17-15/h6-9,11,18H,3-5,15H2,1-2H3,(H,16,17). The second kappa shape index (κ2) is 6.60. The second-order valence-electron chi connectivity index (χ2n) is 5.73. The summed E-state index contributed by atoms with van der Waals surface area (Å²) in [5.41, 5.74) is 2.33. The molecule has 6 nitrogen and oxygen atoms in total. The molecular formula is C13H21BrN4O2S. The van der Waals surface area contributed by atoms with E-state index < -0.39 is 10.0 Å². The molecule has 118 valence electrons. The third kappa shape index (κ3) is 3.94. The van der Waals surface area contributed by atoms with Gasteiger partial charge in [0, 0.05) is 16.7 Å². The SMILES string of the molecule is CC1CCC(NS(=O)(=O)c2cc(Br)cnc2NN)CC1C. The lowest BCUT2D eigenvalue weighted by atomic mass is 9.79. The molecule has 1 aliphatic carbocycles. The van der Waals surface area contributed by atoms with Gasteiger partial charge in [0.15, 0.2) is 5.82 Å². The average Bonchev–Trinajstić information content (AvgIpc) is 2.42. The number of sulfonamides is 1. The number of anilines is 1. The van der Waals surface area contributed by atoms with Crippen LogP contribution in [-0.4, -0.2) is 19.4 Å². The number of hydrogen-bond donors (Lipinski definition) is 3. The Bertz CT molecular complexity index is 608. The van der Waals surface area contributed by atoms with Crippen LogP contribution in [0.25, 0.3) is 0 Å². The Hall–Kier alpha value is -0.700. The van der Waals surface area contributed by atoms with Gasteiger partial charge in [-0.1, -0.05) is 13.8 Å². The van der Waals surface area contributed by atoms with E-state index in [9.17, 15) is 8.42 Å². The molecule has 1 fully saturated rings. The van der Waals surface area contributed by atoms with Crippen molar-refractivity contribution in [2.75, 3.05) is 5.43 Å². The van der Waals surface area contributed by atoms with Gasteiger partial charge in [0.05, 0.1) is 0 Å². The van der Waals surface area contributed by atoms with Crippen molar-refractivity contribution in [2.24, 2.45) is 17.7 Å². The first kappa shape index (κ1) is 16.7. The molecule has 1 saturated carbocycles. The Kier molecular flexibility index (Phi) is 5.24. The molecule has 1 aromatic rings. The predicted octanol–water partition coefficient (Wildman–Crippen LogP) is 2.23. The van der Waals surface area contributed by atoms with Gasteiger partial charge in [-0.15, -0.1) is 0 Å². The lowest BCUT2D eigenvalue weighted by Crippen LogP contribution is -2.40. The first-order chi connectivity index (χ1) is 9.83. The molecular weight excluding hydrogens is 356 g/mol. The fraction of sp³-hybridized carbons (Fsp3) is 0.615. The van der Waals surface area contributed by atoms with Crippen molar-refractivity contribution in [3.8, 4) is 0 Å². The highest BCUT2D eigenvalue weighted by Gasteiger charge is 2.29. The summed E-state index contributed by atoms with van der Waals surface area (Å²) < 4.78 is 28.5. The van der Waals surface area contributed by atoms with Gasteiger partial charge in [0.1, 0.15) is 4.90 Å². The molecule has 0 amide bonds. The molecule has 0 saturated heterocycles. The maximum Gasteiger partial charge on any atom is 0.244 e. The summed E-state index contributed by atoms with van der Waals surface area (Å²) in [4.78, 5) is 4.04. The third-order valence-electron chi connectivity index (χ3n) is 4.17. The van der Waals surface area contributed by atoms with E-state index in [1.54, 1.807) is 0 Å². The van der Waals surface area contributed by atoms with E-state index in [2.05, 4.69) is 44.9 Å². The summed E-state index contributed by atoms with van der Waals surface area (Å²) in [6.07, 6.45) is 4.25. The van der Waals surface area contributed by atoms with Crippen molar-refractivity contribution in [3.63, 3.8) is 0 Å². The van der Waals surface area contributed by atoms with E-state index in [0.717, 1.165) is 19.3 Å². The molecule has 0 radical (unpaired) electrons. The summed E-state index contributed by atoms with van der Waals surface area (Å²) in [6.45, 7) is 4.38. The molecule has 0 aromatic carbocycles. The number of aromatic nitrogens is 1. The molecule has 0 bridgehead atoms. The van der Waals surface area contributed by atoms with Crippen LogP contribution in [0.4, 0.5) is 5.82 Å². The van der Waals surface area contributed by atoms with Crippen molar-refractivity contribution in [1.82, 2.24) is 9.71 Å². The third-order valence-corrected chi connectivity index (χ3v) is 6.13. The summed E-state index contributed by atoms with van der Waals surface area (Å²) in [5, 5.41) is 0. The highest BCUT2D eigenvalue weighted by atomic mass is 79.9. The van der Waals surface area contributed by atoms with Crippen LogP contribution in [0.3, 0.4) is 0 Å². The van der Waals surface area contributed by atoms with Crippen molar-refractivity contribution in [1.29, 1.82) is 0 Å². The molecule has 3 unspecified atom stereocenters. The molecule has 4 N–H and O–H groups in total. The summed E-state index contributed by atoms with van der Waals surface area (Å²) in [5.74, 6) is 6.64. The van der Waals surface area contributed by atoms with Crippen molar-refractivity contribution in [3.05, 3.63) is 16.7 Å². The van der Waals surface area contributed by atoms with Crippen LogP contribution in [0.15, 0.2) is 21.6 Å². The monoisotopic (exact) mass is 376 g/mol. The molecule has 2 rings (SSSR count). The predicted molar refractivity (Wildman–Crippen MR) is 86.0 cm³/mol. The van der Waals surface area contributed by atoms with Crippen molar-refractivity contribution < 1.29 is 8.42 Å². The minimum Gasteiger partial charge on any atom is -0.307 e. The van der Waals surface area contributed by atoms with E-state index in [-0.39, 0.29) is 16.8 Å². The molecule has 3 atom stereocenters. The van der Waals surface area contributed by atoms with E-state index in [1.165, 1.54) is 12.3 Å². The molecule has 21 heavy (non-hydrogen) atoms.